The lowest BCUT2D eigenvalue weighted by Crippen LogP contribution is -2.32. The standard InChI is InChI=1S/C20H10F3N3OS/c21-14-6-4-12(5-7-14)11-26-19(27)18(28-20(26)13(9-24)10-25)8-15-16(22)2-1-3-17(15)23/h1-8H,11H2/b18-8-. The summed E-state index contributed by atoms with van der Waals surface area (Å²) in [5, 5.41) is 18.4. The lowest BCUT2D eigenvalue weighted by atomic mass is 10.2. The second-order valence-electron chi connectivity index (χ2n) is 5.67. The lowest BCUT2D eigenvalue weighted by molar-refractivity contribution is 0.578. The minimum atomic E-state index is -0.843. The summed E-state index contributed by atoms with van der Waals surface area (Å²) in [6.45, 7) is -0.0363. The molecule has 0 radical (unpaired) electrons. The number of benzene rings is 2. The monoisotopic (exact) mass is 397 g/mol. The Labute approximate surface area is 161 Å². The van der Waals surface area contributed by atoms with Gasteiger partial charge >= 0.3 is 0 Å². The van der Waals surface area contributed by atoms with Crippen molar-refractivity contribution in [1.82, 2.24) is 4.57 Å². The van der Waals surface area contributed by atoms with E-state index in [1.165, 1.54) is 30.3 Å². The molecule has 0 saturated carbocycles. The van der Waals surface area contributed by atoms with E-state index in [9.17, 15) is 28.5 Å². The normalized spacial score (nSPS) is 11.1. The molecule has 2 aromatic carbocycles. The summed E-state index contributed by atoms with van der Waals surface area (Å²) in [5.41, 5.74) is -0.758. The van der Waals surface area contributed by atoms with Crippen LogP contribution in [-0.2, 0) is 6.54 Å². The van der Waals surface area contributed by atoms with Crippen molar-refractivity contribution in [3.63, 3.8) is 0 Å². The highest BCUT2D eigenvalue weighted by molar-refractivity contribution is 7.07. The van der Waals surface area contributed by atoms with Gasteiger partial charge in [-0.1, -0.05) is 18.2 Å². The Kier molecular flexibility index (Phi) is 5.44. The van der Waals surface area contributed by atoms with Crippen molar-refractivity contribution in [2.24, 2.45) is 0 Å². The van der Waals surface area contributed by atoms with Crippen LogP contribution >= 0.6 is 11.3 Å². The van der Waals surface area contributed by atoms with E-state index in [1.807, 2.05) is 0 Å². The van der Waals surface area contributed by atoms with Crippen LogP contribution in [0, 0.1) is 40.1 Å². The first-order valence-corrected chi connectivity index (χ1v) is 8.70. The van der Waals surface area contributed by atoms with Gasteiger partial charge in [0.25, 0.3) is 5.56 Å². The van der Waals surface area contributed by atoms with Gasteiger partial charge in [-0.2, -0.15) is 10.5 Å². The predicted molar refractivity (Wildman–Crippen MR) is 97.9 cm³/mol. The van der Waals surface area contributed by atoms with Crippen LogP contribution in [0.5, 0.6) is 0 Å². The minimum Gasteiger partial charge on any atom is -0.293 e. The SMILES string of the molecule is N#CC(C#N)=c1s/c(=C\c2c(F)cccc2F)c(=O)n1Cc1ccc(F)cc1. The molecular formula is C20H10F3N3OS. The number of nitrogens with zero attached hydrogens (tertiary/aromatic N) is 3. The van der Waals surface area contributed by atoms with Crippen LogP contribution in [0.4, 0.5) is 13.2 Å². The number of nitriles is 2. The highest BCUT2D eigenvalue weighted by Crippen LogP contribution is 2.12. The van der Waals surface area contributed by atoms with Gasteiger partial charge in [0.2, 0.25) is 0 Å². The third kappa shape index (κ3) is 3.73. The van der Waals surface area contributed by atoms with Crippen LogP contribution in [0.15, 0.2) is 47.3 Å². The van der Waals surface area contributed by atoms with E-state index in [1.54, 1.807) is 12.1 Å². The highest BCUT2D eigenvalue weighted by atomic mass is 32.1. The maximum Gasteiger partial charge on any atom is 0.269 e. The molecule has 28 heavy (non-hydrogen) atoms. The first-order valence-electron chi connectivity index (χ1n) is 7.89. The van der Waals surface area contributed by atoms with Gasteiger partial charge in [0, 0.05) is 5.56 Å². The number of rotatable bonds is 3. The molecule has 0 aliphatic heterocycles. The highest BCUT2D eigenvalue weighted by Gasteiger charge is 2.12. The molecule has 1 heterocycles. The second kappa shape index (κ2) is 7.95. The summed E-state index contributed by atoms with van der Waals surface area (Å²) in [4.78, 5) is 12.8. The molecule has 0 aliphatic carbocycles. The Morgan fingerprint density at radius 3 is 2.21 bits per heavy atom. The first kappa shape index (κ1) is 19.2. The fourth-order valence-electron chi connectivity index (χ4n) is 2.52. The van der Waals surface area contributed by atoms with Crippen LogP contribution in [0.2, 0.25) is 0 Å². The topological polar surface area (TPSA) is 69.6 Å². The average Bonchev–Trinajstić information content (AvgIpc) is 2.97. The average molecular weight is 397 g/mol. The summed E-state index contributed by atoms with van der Waals surface area (Å²) < 4.78 is 42.1. The molecule has 3 rings (SSSR count). The number of thiazole rings is 1. The number of halogens is 3. The van der Waals surface area contributed by atoms with E-state index in [-0.39, 0.29) is 21.3 Å². The Hall–Kier alpha value is -3.62. The Bertz CT molecular complexity index is 1270. The van der Waals surface area contributed by atoms with Crippen molar-refractivity contribution < 1.29 is 13.2 Å². The van der Waals surface area contributed by atoms with Gasteiger partial charge in [0.1, 0.15) is 34.3 Å². The van der Waals surface area contributed by atoms with Crippen LogP contribution < -0.4 is 14.8 Å². The molecule has 3 aromatic rings. The molecule has 0 unspecified atom stereocenters. The van der Waals surface area contributed by atoms with E-state index in [0.29, 0.717) is 5.56 Å². The van der Waals surface area contributed by atoms with Crippen LogP contribution in [0.25, 0.3) is 11.6 Å². The molecule has 1 aromatic heterocycles. The molecule has 0 spiro atoms. The summed E-state index contributed by atoms with van der Waals surface area (Å²) >= 11 is 0.783. The molecule has 138 valence electrons. The predicted octanol–water partition coefficient (Wildman–Crippen LogP) is 2.40. The van der Waals surface area contributed by atoms with E-state index < -0.39 is 28.6 Å². The largest absolute Gasteiger partial charge is 0.293 e. The van der Waals surface area contributed by atoms with Crippen molar-refractivity contribution in [2.45, 2.75) is 6.54 Å². The van der Waals surface area contributed by atoms with Crippen molar-refractivity contribution in [2.75, 3.05) is 0 Å². The minimum absolute atomic E-state index is 0.0363. The van der Waals surface area contributed by atoms with Crippen molar-refractivity contribution in [3.05, 3.63) is 90.6 Å². The van der Waals surface area contributed by atoms with E-state index in [2.05, 4.69) is 0 Å². The maximum absolute atomic E-state index is 13.9. The number of hydrogen-bond donors (Lipinski definition) is 0. The summed E-state index contributed by atoms with van der Waals surface area (Å²) in [7, 11) is 0. The molecule has 0 N–H and O–H groups in total. The Balaban J connectivity index is 2.29. The number of hydrogen-bond acceptors (Lipinski definition) is 4. The van der Waals surface area contributed by atoms with Gasteiger partial charge in [-0.15, -0.1) is 11.3 Å². The van der Waals surface area contributed by atoms with Gasteiger partial charge in [-0.25, -0.2) is 13.2 Å². The zero-order chi connectivity index (χ0) is 20.3. The molecule has 4 nitrogen and oxygen atoms in total. The van der Waals surface area contributed by atoms with Gasteiger partial charge in [0.05, 0.1) is 11.1 Å². The van der Waals surface area contributed by atoms with Gasteiger partial charge in [-0.05, 0) is 35.9 Å². The second-order valence-corrected chi connectivity index (χ2v) is 6.70. The zero-order valence-corrected chi connectivity index (χ0v) is 14.9. The fraction of sp³-hybridized carbons (Fsp3) is 0.0500. The number of aromatic nitrogens is 1. The molecule has 8 heteroatoms. The Morgan fingerprint density at radius 2 is 1.64 bits per heavy atom. The zero-order valence-electron chi connectivity index (χ0n) is 14.1. The third-order valence-corrected chi connectivity index (χ3v) is 5.00. The van der Waals surface area contributed by atoms with Crippen molar-refractivity contribution >= 4 is 23.0 Å². The smallest absolute Gasteiger partial charge is 0.269 e. The molecule has 0 atom stereocenters. The summed E-state index contributed by atoms with van der Waals surface area (Å²) in [6, 6.07) is 12.1. The van der Waals surface area contributed by atoms with Gasteiger partial charge in [-0.3, -0.25) is 9.36 Å². The lowest BCUT2D eigenvalue weighted by Gasteiger charge is -2.02. The third-order valence-electron chi connectivity index (χ3n) is 3.87. The maximum atomic E-state index is 13.9. The summed E-state index contributed by atoms with van der Waals surface area (Å²) in [6.07, 6.45) is 1.05. The molecule has 0 aliphatic rings. The summed E-state index contributed by atoms with van der Waals surface area (Å²) in [5.74, 6) is -2.14. The Morgan fingerprint density at radius 1 is 1.04 bits per heavy atom. The molecule has 0 saturated heterocycles. The quantitative estimate of drug-likeness (QED) is 0.682. The first-order chi connectivity index (χ1) is 13.4. The fourth-order valence-corrected chi connectivity index (χ4v) is 3.56. The molecule has 0 bridgehead atoms. The van der Waals surface area contributed by atoms with Crippen molar-refractivity contribution in [1.29, 1.82) is 10.5 Å². The van der Waals surface area contributed by atoms with E-state index in [0.717, 1.165) is 34.1 Å². The van der Waals surface area contributed by atoms with Crippen molar-refractivity contribution in [3.8, 4) is 12.1 Å². The van der Waals surface area contributed by atoms with Crippen LogP contribution in [0.3, 0.4) is 0 Å². The van der Waals surface area contributed by atoms with Crippen LogP contribution in [0.1, 0.15) is 11.1 Å². The molecular weight excluding hydrogens is 387 g/mol. The van der Waals surface area contributed by atoms with Gasteiger partial charge in [0.15, 0.2) is 5.57 Å². The molecule has 0 fully saturated rings. The van der Waals surface area contributed by atoms with Crippen LogP contribution in [-0.4, -0.2) is 4.57 Å². The van der Waals surface area contributed by atoms with E-state index in [4.69, 9.17) is 0 Å². The van der Waals surface area contributed by atoms with Gasteiger partial charge < -0.3 is 0 Å². The van der Waals surface area contributed by atoms with E-state index >= 15 is 0 Å². The molecule has 0 amide bonds.